The number of rotatable bonds is 6. The van der Waals surface area contributed by atoms with E-state index in [0.29, 0.717) is 12.1 Å². The second kappa shape index (κ2) is 8.62. The molecule has 2 aromatic carbocycles. The van der Waals surface area contributed by atoms with Crippen LogP contribution in [-0.4, -0.2) is 45.3 Å². The molecule has 3 amide bonds. The Kier molecular flexibility index (Phi) is 6.19. The van der Waals surface area contributed by atoms with Crippen LogP contribution in [0.2, 0.25) is 0 Å². The van der Waals surface area contributed by atoms with E-state index in [0.717, 1.165) is 28.5 Å². The zero-order chi connectivity index (χ0) is 21.0. The normalized spacial score (nSPS) is 14.3. The first-order valence-electron chi connectivity index (χ1n) is 9.24. The maximum atomic E-state index is 12.1. The van der Waals surface area contributed by atoms with Gasteiger partial charge in [-0.2, -0.15) is 0 Å². The van der Waals surface area contributed by atoms with E-state index in [2.05, 4.69) is 10.6 Å². The highest BCUT2D eigenvalue weighted by atomic mass is 32.2. The summed E-state index contributed by atoms with van der Waals surface area (Å²) in [7, 11) is -0.516. The van der Waals surface area contributed by atoms with Gasteiger partial charge in [0.05, 0.1) is 4.90 Å². The van der Waals surface area contributed by atoms with Gasteiger partial charge in [-0.25, -0.2) is 17.5 Å². The molecule has 8 nitrogen and oxygen atoms in total. The maximum Gasteiger partial charge on any atom is 0.319 e. The Morgan fingerprint density at radius 1 is 1.07 bits per heavy atom. The molecule has 2 aromatic rings. The van der Waals surface area contributed by atoms with Crippen LogP contribution in [0.4, 0.5) is 16.2 Å². The van der Waals surface area contributed by atoms with Crippen molar-refractivity contribution < 1.29 is 18.0 Å². The monoisotopic (exact) mass is 416 g/mol. The average molecular weight is 417 g/mol. The van der Waals surface area contributed by atoms with E-state index in [1.54, 1.807) is 29.2 Å². The summed E-state index contributed by atoms with van der Waals surface area (Å²) >= 11 is 0. The molecule has 154 valence electrons. The average Bonchev–Trinajstić information content (AvgIpc) is 3.13. The predicted molar refractivity (Wildman–Crippen MR) is 111 cm³/mol. The van der Waals surface area contributed by atoms with E-state index >= 15 is 0 Å². The van der Waals surface area contributed by atoms with Gasteiger partial charge in [-0.3, -0.25) is 4.79 Å². The maximum absolute atomic E-state index is 12.1. The Hall–Kier alpha value is -2.91. The SMILES string of the molecule is CN(C)S(=O)(=O)c1ccc(CNC(=O)Nc2ccc(N3CCCC3=O)cc2)cc1. The number of hydrogen-bond donors (Lipinski definition) is 2. The van der Waals surface area contributed by atoms with Crippen LogP contribution in [0.15, 0.2) is 53.4 Å². The third-order valence-electron chi connectivity index (χ3n) is 4.67. The van der Waals surface area contributed by atoms with Gasteiger partial charge in [0.15, 0.2) is 0 Å². The number of sulfonamides is 1. The van der Waals surface area contributed by atoms with Crippen LogP contribution in [0.25, 0.3) is 0 Å². The first-order valence-corrected chi connectivity index (χ1v) is 10.7. The number of benzene rings is 2. The Morgan fingerprint density at radius 3 is 2.28 bits per heavy atom. The third kappa shape index (κ3) is 4.93. The first-order chi connectivity index (χ1) is 13.8. The largest absolute Gasteiger partial charge is 0.334 e. The van der Waals surface area contributed by atoms with E-state index in [4.69, 9.17) is 0 Å². The minimum absolute atomic E-state index is 0.118. The van der Waals surface area contributed by atoms with Crippen molar-refractivity contribution in [3.8, 4) is 0 Å². The van der Waals surface area contributed by atoms with Gasteiger partial charge in [0.2, 0.25) is 15.9 Å². The molecule has 9 heteroatoms. The van der Waals surface area contributed by atoms with Crippen LogP contribution in [0.5, 0.6) is 0 Å². The smallest absolute Gasteiger partial charge is 0.319 e. The molecule has 0 atom stereocenters. The summed E-state index contributed by atoms with van der Waals surface area (Å²) < 4.78 is 25.3. The number of nitrogens with zero attached hydrogens (tertiary/aromatic N) is 2. The fourth-order valence-electron chi connectivity index (χ4n) is 2.99. The van der Waals surface area contributed by atoms with Crippen LogP contribution in [0.3, 0.4) is 0 Å². The molecule has 1 fully saturated rings. The predicted octanol–water partition coefficient (Wildman–Crippen LogP) is 2.39. The molecule has 0 bridgehead atoms. The van der Waals surface area contributed by atoms with Crippen molar-refractivity contribution in [3.05, 3.63) is 54.1 Å². The summed E-state index contributed by atoms with van der Waals surface area (Å²) in [6.07, 6.45) is 1.44. The highest BCUT2D eigenvalue weighted by Crippen LogP contribution is 2.23. The van der Waals surface area contributed by atoms with Gasteiger partial charge in [-0.15, -0.1) is 0 Å². The summed E-state index contributed by atoms with van der Waals surface area (Å²) in [4.78, 5) is 25.8. The first kappa shape index (κ1) is 20.8. The van der Waals surface area contributed by atoms with Crippen molar-refractivity contribution in [2.24, 2.45) is 0 Å². The molecule has 0 saturated carbocycles. The fourth-order valence-corrected chi connectivity index (χ4v) is 3.90. The summed E-state index contributed by atoms with van der Waals surface area (Å²) in [5, 5.41) is 5.47. The van der Waals surface area contributed by atoms with Gasteiger partial charge in [0.1, 0.15) is 0 Å². The number of carbonyl (C=O) groups is 2. The van der Waals surface area contributed by atoms with Gasteiger partial charge in [-0.05, 0) is 48.4 Å². The van der Waals surface area contributed by atoms with E-state index in [-0.39, 0.29) is 23.4 Å². The molecule has 0 unspecified atom stereocenters. The molecule has 0 aromatic heterocycles. The highest BCUT2D eigenvalue weighted by molar-refractivity contribution is 7.89. The molecule has 0 aliphatic carbocycles. The number of nitrogens with one attached hydrogen (secondary N) is 2. The van der Waals surface area contributed by atoms with Crippen molar-refractivity contribution in [2.45, 2.75) is 24.3 Å². The van der Waals surface area contributed by atoms with Crippen molar-refractivity contribution in [1.82, 2.24) is 9.62 Å². The number of hydrogen-bond acceptors (Lipinski definition) is 4. The van der Waals surface area contributed by atoms with Crippen LogP contribution < -0.4 is 15.5 Å². The second-order valence-electron chi connectivity index (χ2n) is 6.93. The Labute approximate surface area is 170 Å². The standard InChI is InChI=1S/C20H24N4O4S/c1-23(2)29(27,28)18-11-5-15(6-12-18)14-21-20(26)22-16-7-9-17(10-8-16)24-13-3-4-19(24)25/h5-12H,3-4,13-14H2,1-2H3,(H2,21,22,26). The molecule has 0 radical (unpaired) electrons. The number of amides is 3. The van der Waals surface area contributed by atoms with E-state index in [9.17, 15) is 18.0 Å². The van der Waals surface area contributed by atoms with Gasteiger partial charge < -0.3 is 15.5 Å². The van der Waals surface area contributed by atoms with Crippen molar-refractivity contribution >= 4 is 33.3 Å². The molecule has 1 heterocycles. The van der Waals surface area contributed by atoms with E-state index in [1.807, 2.05) is 12.1 Å². The molecule has 1 saturated heterocycles. The fraction of sp³-hybridized carbons (Fsp3) is 0.300. The number of anilines is 2. The molecule has 0 spiro atoms. The summed E-state index contributed by atoms with van der Waals surface area (Å²) in [6, 6.07) is 13.1. The third-order valence-corrected chi connectivity index (χ3v) is 6.49. The lowest BCUT2D eigenvalue weighted by Gasteiger charge is -2.16. The van der Waals surface area contributed by atoms with Crippen molar-refractivity contribution in [3.63, 3.8) is 0 Å². The van der Waals surface area contributed by atoms with Crippen LogP contribution >= 0.6 is 0 Å². The molecule has 29 heavy (non-hydrogen) atoms. The van der Waals surface area contributed by atoms with Crippen molar-refractivity contribution in [2.75, 3.05) is 30.9 Å². The second-order valence-corrected chi connectivity index (χ2v) is 9.09. The van der Waals surface area contributed by atoms with Gasteiger partial charge >= 0.3 is 6.03 Å². The zero-order valence-corrected chi connectivity index (χ0v) is 17.2. The van der Waals surface area contributed by atoms with Crippen LogP contribution in [-0.2, 0) is 21.4 Å². The van der Waals surface area contributed by atoms with Crippen LogP contribution in [0.1, 0.15) is 18.4 Å². The lowest BCUT2D eigenvalue weighted by Crippen LogP contribution is -2.28. The Bertz CT molecular complexity index is 986. The quantitative estimate of drug-likeness (QED) is 0.755. The van der Waals surface area contributed by atoms with Gasteiger partial charge in [-0.1, -0.05) is 12.1 Å². The molecule has 1 aliphatic heterocycles. The minimum Gasteiger partial charge on any atom is -0.334 e. The summed E-state index contributed by atoms with van der Waals surface area (Å²) in [6.45, 7) is 0.981. The lowest BCUT2D eigenvalue weighted by atomic mass is 10.2. The Morgan fingerprint density at radius 2 is 1.72 bits per heavy atom. The van der Waals surface area contributed by atoms with Crippen molar-refractivity contribution in [1.29, 1.82) is 0 Å². The summed E-state index contributed by atoms with van der Waals surface area (Å²) in [5.41, 5.74) is 2.22. The molecule has 2 N–H and O–H groups in total. The number of carbonyl (C=O) groups excluding carboxylic acids is 2. The molecule has 3 rings (SSSR count). The summed E-state index contributed by atoms with van der Waals surface area (Å²) in [5.74, 6) is 0.118. The zero-order valence-electron chi connectivity index (χ0n) is 16.4. The molecular weight excluding hydrogens is 392 g/mol. The Balaban J connectivity index is 1.53. The number of urea groups is 1. The minimum atomic E-state index is -3.47. The van der Waals surface area contributed by atoms with E-state index < -0.39 is 10.0 Å². The van der Waals surface area contributed by atoms with Crippen LogP contribution in [0, 0.1) is 0 Å². The molecular formula is C20H24N4O4S. The van der Waals surface area contributed by atoms with Gasteiger partial charge in [0.25, 0.3) is 0 Å². The van der Waals surface area contributed by atoms with E-state index in [1.165, 1.54) is 26.2 Å². The lowest BCUT2D eigenvalue weighted by molar-refractivity contribution is -0.117. The highest BCUT2D eigenvalue weighted by Gasteiger charge is 2.21. The topological polar surface area (TPSA) is 98.8 Å². The molecule has 1 aliphatic rings. The van der Waals surface area contributed by atoms with Gasteiger partial charge in [0, 0.05) is 45.0 Å².